The van der Waals surface area contributed by atoms with Crippen molar-refractivity contribution < 1.29 is 9.84 Å². The SMILES string of the molecule is C=C/C=C(\C=C(/C)C(C)(C)CC)CN(C)CCN(C)Cc1cccc(C(C)(C)C(C)(C)OC)c1O. The van der Waals surface area contributed by atoms with Gasteiger partial charge in [0.25, 0.3) is 0 Å². The maximum absolute atomic E-state index is 11.1. The number of ether oxygens (including phenoxy) is 1. The normalized spacial score (nSPS) is 14.2. The molecule has 0 aliphatic carbocycles. The second-order valence-electron chi connectivity index (χ2n) is 11.7. The van der Waals surface area contributed by atoms with E-state index in [1.54, 1.807) is 7.11 Å². The van der Waals surface area contributed by atoms with Crippen LogP contribution < -0.4 is 0 Å². The van der Waals surface area contributed by atoms with Crippen LogP contribution in [0.5, 0.6) is 5.75 Å². The van der Waals surface area contributed by atoms with Gasteiger partial charge in [-0.3, -0.25) is 0 Å². The van der Waals surface area contributed by atoms with Gasteiger partial charge >= 0.3 is 0 Å². The highest BCUT2D eigenvalue weighted by Gasteiger charge is 2.40. The van der Waals surface area contributed by atoms with Gasteiger partial charge in [-0.1, -0.05) is 83.2 Å². The smallest absolute Gasteiger partial charge is 0.123 e. The van der Waals surface area contributed by atoms with Crippen LogP contribution in [0.1, 0.15) is 72.9 Å². The predicted octanol–water partition coefficient (Wildman–Crippen LogP) is 6.95. The number of phenolic OH excluding ortho intramolecular Hbond substituents is 1. The molecule has 0 saturated heterocycles. The number of phenols is 1. The molecule has 0 radical (unpaired) electrons. The molecule has 0 aliphatic rings. The third-order valence-electron chi connectivity index (χ3n) is 8.25. The Morgan fingerprint density at radius 2 is 1.66 bits per heavy atom. The van der Waals surface area contributed by atoms with Crippen molar-refractivity contribution in [1.82, 2.24) is 9.80 Å². The number of nitrogens with zero attached hydrogens (tertiary/aromatic N) is 2. The number of hydrogen-bond donors (Lipinski definition) is 1. The average molecular weight is 485 g/mol. The lowest BCUT2D eigenvalue weighted by molar-refractivity contribution is -0.0349. The summed E-state index contributed by atoms with van der Waals surface area (Å²) in [7, 11) is 6.00. The first-order valence-electron chi connectivity index (χ1n) is 12.9. The lowest BCUT2D eigenvalue weighted by atomic mass is 9.71. The van der Waals surface area contributed by atoms with Gasteiger partial charge in [-0.15, -0.1) is 0 Å². The van der Waals surface area contributed by atoms with Crippen LogP contribution in [0.3, 0.4) is 0 Å². The summed E-state index contributed by atoms with van der Waals surface area (Å²) in [5.74, 6) is 0.373. The molecule has 4 nitrogen and oxygen atoms in total. The maximum Gasteiger partial charge on any atom is 0.123 e. The zero-order valence-electron chi connectivity index (χ0n) is 24.5. The van der Waals surface area contributed by atoms with E-state index < -0.39 is 5.60 Å². The fraction of sp³-hybridized carbons (Fsp3) is 0.613. The summed E-state index contributed by atoms with van der Waals surface area (Å²) in [6, 6.07) is 6.07. The molecule has 35 heavy (non-hydrogen) atoms. The van der Waals surface area contributed by atoms with Crippen LogP contribution in [0.25, 0.3) is 0 Å². The van der Waals surface area contributed by atoms with E-state index in [4.69, 9.17) is 4.74 Å². The second-order valence-corrected chi connectivity index (χ2v) is 11.7. The molecule has 0 amide bonds. The fourth-order valence-corrected chi connectivity index (χ4v) is 3.95. The first kappa shape index (κ1) is 31.2. The minimum absolute atomic E-state index is 0.197. The van der Waals surface area contributed by atoms with Crippen molar-refractivity contribution in [3.8, 4) is 5.75 Å². The Kier molecular flexibility index (Phi) is 11.5. The number of likely N-dealkylation sites (N-methyl/N-ethyl adjacent to an activating group) is 2. The number of aromatic hydroxyl groups is 1. The molecule has 1 aromatic rings. The highest BCUT2D eigenvalue weighted by Crippen LogP contribution is 2.42. The number of para-hydroxylation sites is 1. The first-order chi connectivity index (χ1) is 16.1. The monoisotopic (exact) mass is 484 g/mol. The average Bonchev–Trinajstić information content (AvgIpc) is 2.78. The number of benzene rings is 1. The molecule has 0 unspecified atom stereocenters. The zero-order valence-corrected chi connectivity index (χ0v) is 24.5. The summed E-state index contributed by atoms with van der Waals surface area (Å²) in [6.07, 6.45) is 7.42. The topological polar surface area (TPSA) is 35.9 Å². The molecular weight excluding hydrogens is 432 g/mol. The van der Waals surface area contributed by atoms with E-state index in [-0.39, 0.29) is 10.8 Å². The molecule has 0 bridgehead atoms. The van der Waals surface area contributed by atoms with Crippen LogP contribution in [0.2, 0.25) is 0 Å². The van der Waals surface area contributed by atoms with Gasteiger partial charge in [0.1, 0.15) is 5.75 Å². The van der Waals surface area contributed by atoms with Crippen LogP contribution in [0, 0.1) is 5.41 Å². The third kappa shape index (κ3) is 8.34. The molecule has 4 heteroatoms. The van der Waals surface area contributed by atoms with Crippen molar-refractivity contribution in [2.45, 2.75) is 79.4 Å². The van der Waals surface area contributed by atoms with Crippen LogP contribution in [0.4, 0.5) is 0 Å². The van der Waals surface area contributed by atoms with Crippen molar-refractivity contribution in [1.29, 1.82) is 0 Å². The Labute approximate surface area is 216 Å². The maximum atomic E-state index is 11.1. The third-order valence-corrected chi connectivity index (χ3v) is 8.25. The van der Waals surface area contributed by atoms with Crippen molar-refractivity contribution in [3.63, 3.8) is 0 Å². The summed E-state index contributed by atoms with van der Waals surface area (Å²) in [6.45, 7) is 24.7. The van der Waals surface area contributed by atoms with Gasteiger partial charge in [0.05, 0.1) is 5.60 Å². The van der Waals surface area contributed by atoms with Gasteiger partial charge in [0.15, 0.2) is 0 Å². The quantitative estimate of drug-likeness (QED) is 0.290. The number of hydrogen-bond acceptors (Lipinski definition) is 4. The predicted molar refractivity (Wildman–Crippen MR) is 152 cm³/mol. The van der Waals surface area contributed by atoms with E-state index in [9.17, 15) is 5.11 Å². The van der Waals surface area contributed by atoms with Gasteiger partial charge in [-0.2, -0.15) is 0 Å². The Balaban J connectivity index is 2.86. The second kappa shape index (κ2) is 12.9. The molecule has 0 saturated carbocycles. The molecule has 0 aliphatic heterocycles. The molecule has 0 fully saturated rings. The number of methoxy groups -OCH3 is 1. The molecule has 0 heterocycles. The van der Waals surface area contributed by atoms with Crippen molar-refractivity contribution in [2.75, 3.05) is 40.8 Å². The van der Waals surface area contributed by atoms with E-state index >= 15 is 0 Å². The summed E-state index contributed by atoms with van der Waals surface area (Å²) in [4.78, 5) is 4.61. The summed E-state index contributed by atoms with van der Waals surface area (Å²) >= 11 is 0. The van der Waals surface area contributed by atoms with Gasteiger partial charge in [0, 0.05) is 49.8 Å². The highest BCUT2D eigenvalue weighted by molar-refractivity contribution is 5.45. The standard InChI is InChI=1S/C31H52N2O2/c1-13-16-25(21-24(3)29(4,5)14-2)22-32(10)19-20-33(11)23-26-17-15-18-27(28(26)34)30(6,7)31(8,9)35-12/h13,15-18,21,34H,1,14,19-20,22-23H2,2-12H3/b24-21+,25-16+. The fourth-order valence-electron chi connectivity index (χ4n) is 3.95. The Morgan fingerprint density at radius 3 is 2.20 bits per heavy atom. The molecule has 0 aromatic heterocycles. The molecule has 1 N–H and O–H groups in total. The lowest BCUT2D eigenvalue weighted by Gasteiger charge is -2.41. The van der Waals surface area contributed by atoms with E-state index in [0.29, 0.717) is 12.3 Å². The highest BCUT2D eigenvalue weighted by atomic mass is 16.5. The largest absolute Gasteiger partial charge is 0.507 e. The van der Waals surface area contributed by atoms with Gasteiger partial charge < -0.3 is 19.6 Å². The van der Waals surface area contributed by atoms with E-state index in [1.165, 1.54) is 11.1 Å². The zero-order chi connectivity index (χ0) is 27.0. The first-order valence-corrected chi connectivity index (χ1v) is 12.9. The van der Waals surface area contributed by atoms with Crippen LogP contribution in [-0.4, -0.2) is 61.3 Å². The summed E-state index contributed by atoms with van der Waals surface area (Å²) in [5.41, 5.74) is 3.98. The number of rotatable bonds is 14. The molecule has 0 spiro atoms. The van der Waals surface area contributed by atoms with E-state index in [1.807, 2.05) is 24.3 Å². The van der Waals surface area contributed by atoms with Crippen molar-refractivity contribution >= 4 is 0 Å². The van der Waals surface area contributed by atoms with Gasteiger partial charge in [0.2, 0.25) is 0 Å². The minimum atomic E-state index is -0.409. The molecular formula is C31H52N2O2. The summed E-state index contributed by atoms with van der Waals surface area (Å²) < 4.78 is 5.75. The van der Waals surface area contributed by atoms with E-state index in [2.05, 4.69) is 98.0 Å². The van der Waals surface area contributed by atoms with Crippen LogP contribution in [-0.2, 0) is 16.7 Å². The molecule has 0 atom stereocenters. The molecule has 198 valence electrons. The Morgan fingerprint density at radius 1 is 1.06 bits per heavy atom. The summed E-state index contributed by atoms with van der Waals surface area (Å²) in [5, 5.41) is 11.1. The minimum Gasteiger partial charge on any atom is -0.507 e. The molecule has 1 aromatic carbocycles. The van der Waals surface area contributed by atoms with E-state index in [0.717, 1.165) is 37.2 Å². The lowest BCUT2D eigenvalue weighted by Crippen LogP contribution is -2.44. The van der Waals surface area contributed by atoms with Crippen LogP contribution >= 0.6 is 0 Å². The van der Waals surface area contributed by atoms with Gasteiger partial charge in [-0.05, 0) is 52.3 Å². The Hall–Kier alpha value is -1.88. The van der Waals surface area contributed by atoms with Crippen LogP contribution in [0.15, 0.2) is 54.2 Å². The van der Waals surface area contributed by atoms with Gasteiger partial charge in [-0.25, -0.2) is 0 Å². The Bertz CT molecular complexity index is 893. The van der Waals surface area contributed by atoms with Crippen molar-refractivity contribution in [3.05, 3.63) is 65.3 Å². The number of allylic oxidation sites excluding steroid dienone is 3. The van der Waals surface area contributed by atoms with Crippen molar-refractivity contribution in [2.24, 2.45) is 5.41 Å². The molecule has 1 rings (SSSR count).